The third-order valence-electron chi connectivity index (χ3n) is 2.18. The van der Waals surface area contributed by atoms with Crippen LogP contribution in [0.5, 0.6) is 0 Å². The van der Waals surface area contributed by atoms with Gasteiger partial charge in [0.25, 0.3) is 0 Å². The Balaban J connectivity index is 2.42. The van der Waals surface area contributed by atoms with E-state index in [1.54, 1.807) is 6.07 Å². The number of halogens is 2. The number of hydrogen-bond acceptors (Lipinski definition) is 1. The Morgan fingerprint density at radius 2 is 2.18 bits per heavy atom. The molecule has 0 atom stereocenters. The summed E-state index contributed by atoms with van der Waals surface area (Å²) in [5.74, 6) is -0.0186. The zero-order chi connectivity index (χ0) is 12.8. The molecule has 0 saturated carbocycles. The van der Waals surface area contributed by atoms with Gasteiger partial charge in [0.15, 0.2) is 0 Å². The number of amides is 2. The van der Waals surface area contributed by atoms with Crippen LogP contribution in [0.1, 0.15) is 20.3 Å². The molecule has 1 aromatic carbocycles. The smallest absolute Gasteiger partial charge is 0.319 e. The number of nitrogens with one attached hydrogen (secondary N) is 2. The monoisotopic (exact) mass is 258 g/mol. The normalized spacial score (nSPS) is 10.4. The first-order valence-corrected chi connectivity index (χ1v) is 5.86. The Bertz CT molecular complexity index is 396. The predicted molar refractivity (Wildman–Crippen MR) is 67.9 cm³/mol. The van der Waals surface area contributed by atoms with E-state index in [1.165, 1.54) is 12.1 Å². The second-order valence-electron chi connectivity index (χ2n) is 4.19. The molecule has 0 aliphatic rings. The molecule has 94 valence electrons. The maximum absolute atomic E-state index is 13.1. The molecular formula is C12H16ClFN2O. The summed E-state index contributed by atoms with van der Waals surface area (Å²) in [6, 6.07) is 3.80. The molecule has 1 aromatic rings. The van der Waals surface area contributed by atoms with Crippen LogP contribution in [0.2, 0.25) is 5.02 Å². The summed E-state index contributed by atoms with van der Waals surface area (Å²) < 4.78 is 13.1. The Labute approximate surface area is 105 Å². The number of carbonyl (C=O) groups is 1. The molecule has 0 radical (unpaired) electrons. The molecule has 17 heavy (non-hydrogen) atoms. The number of benzene rings is 1. The summed E-state index contributed by atoms with van der Waals surface area (Å²) >= 11 is 5.53. The minimum Gasteiger partial charge on any atom is -0.338 e. The zero-order valence-electron chi connectivity index (χ0n) is 9.89. The Morgan fingerprint density at radius 3 is 2.76 bits per heavy atom. The maximum atomic E-state index is 13.1. The summed E-state index contributed by atoms with van der Waals surface area (Å²) in [4.78, 5) is 11.4. The molecule has 5 heteroatoms. The molecule has 2 N–H and O–H groups in total. The maximum Gasteiger partial charge on any atom is 0.319 e. The van der Waals surface area contributed by atoms with E-state index in [4.69, 9.17) is 11.6 Å². The standard InChI is InChI=1S/C12H16ClFN2O/c1-8(2)5-6-15-12(17)16-9-3-4-10(13)11(14)7-9/h3-4,7-8H,5-6H2,1-2H3,(H2,15,16,17). The van der Waals surface area contributed by atoms with E-state index in [0.717, 1.165) is 6.42 Å². The van der Waals surface area contributed by atoms with Crippen LogP contribution < -0.4 is 10.6 Å². The van der Waals surface area contributed by atoms with Gasteiger partial charge in [0, 0.05) is 12.2 Å². The van der Waals surface area contributed by atoms with Gasteiger partial charge in [-0.2, -0.15) is 0 Å². The van der Waals surface area contributed by atoms with Crippen molar-refractivity contribution in [2.45, 2.75) is 20.3 Å². The quantitative estimate of drug-likeness (QED) is 0.850. The number of carbonyl (C=O) groups excluding carboxylic acids is 1. The fourth-order valence-electron chi connectivity index (χ4n) is 1.22. The van der Waals surface area contributed by atoms with Crippen LogP contribution in [-0.4, -0.2) is 12.6 Å². The molecule has 0 aliphatic heterocycles. The van der Waals surface area contributed by atoms with Crippen LogP contribution in [0.25, 0.3) is 0 Å². The molecule has 0 saturated heterocycles. The molecule has 0 heterocycles. The highest BCUT2D eigenvalue weighted by Gasteiger charge is 2.04. The van der Waals surface area contributed by atoms with Crippen LogP contribution in [0.4, 0.5) is 14.9 Å². The second-order valence-corrected chi connectivity index (χ2v) is 4.60. The highest BCUT2D eigenvalue weighted by Crippen LogP contribution is 2.18. The van der Waals surface area contributed by atoms with Crippen molar-refractivity contribution in [2.75, 3.05) is 11.9 Å². The van der Waals surface area contributed by atoms with Gasteiger partial charge >= 0.3 is 6.03 Å². The van der Waals surface area contributed by atoms with Crippen LogP contribution >= 0.6 is 11.6 Å². The van der Waals surface area contributed by atoms with Crippen LogP contribution in [0.3, 0.4) is 0 Å². The van der Waals surface area contributed by atoms with E-state index in [1.807, 2.05) is 0 Å². The lowest BCUT2D eigenvalue weighted by molar-refractivity contribution is 0.251. The molecule has 3 nitrogen and oxygen atoms in total. The summed E-state index contributed by atoms with van der Waals surface area (Å²) in [5.41, 5.74) is 0.383. The first-order chi connectivity index (χ1) is 7.99. The van der Waals surface area contributed by atoms with Crippen molar-refractivity contribution in [2.24, 2.45) is 5.92 Å². The van der Waals surface area contributed by atoms with Crippen molar-refractivity contribution >= 4 is 23.3 Å². The van der Waals surface area contributed by atoms with Gasteiger partial charge in [-0.05, 0) is 30.5 Å². The number of rotatable bonds is 4. The molecule has 0 fully saturated rings. The topological polar surface area (TPSA) is 41.1 Å². The van der Waals surface area contributed by atoms with Crippen molar-refractivity contribution in [1.82, 2.24) is 5.32 Å². The third kappa shape index (κ3) is 5.04. The van der Waals surface area contributed by atoms with Crippen molar-refractivity contribution in [1.29, 1.82) is 0 Å². The van der Waals surface area contributed by atoms with E-state index < -0.39 is 5.82 Å². The average molecular weight is 259 g/mol. The number of anilines is 1. The van der Waals surface area contributed by atoms with Gasteiger partial charge in [-0.15, -0.1) is 0 Å². The van der Waals surface area contributed by atoms with Gasteiger partial charge < -0.3 is 10.6 Å². The predicted octanol–water partition coefficient (Wildman–Crippen LogP) is 3.65. The lowest BCUT2D eigenvalue weighted by Gasteiger charge is -2.09. The van der Waals surface area contributed by atoms with Crippen molar-refractivity contribution in [3.63, 3.8) is 0 Å². The zero-order valence-corrected chi connectivity index (χ0v) is 10.6. The van der Waals surface area contributed by atoms with Gasteiger partial charge in [0.2, 0.25) is 0 Å². The molecule has 0 aliphatic carbocycles. The van der Waals surface area contributed by atoms with Crippen molar-refractivity contribution in [3.8, 4) is 0 Å². The molecule has 0 bridgehead atoms. The Kier molecular flexibility index (Phi) is 5.22. The molecule has 0 aromatic heterocycles. The average Bonchev–Trinajstić information content (AvgIpc) is 2.23. The molecule has 0 unspecified atom stereocenters. The van der Waals surface area contributed by atoms with Crippen LogP contribution in [0.15, 0.2) is 18.2 Å². The fraction of sp³-hybridized carbons (Fsp3) is 0.417. The van der Waals surface area contributed by atoms with Gasteiger partial charge in [0.1, 0.15) is 5.82 Å². The van der Waals surface area contributed by atoms with E-state index >= 15 is 0 Å². The highest BCUT2D eigenvalue weighted by molar-refractivity contribution is 6.30. The van der Waals surface area contributed by atoms with E-state index in [-0.39, 0.29) is 11.1 Å². The van der Waals surface area contributed by atoms with Gasteiger partial charge in [-0.3, -0.25) is 0 Å². The van der Waals surface area contributed by atoms with E-state index in [0.29, 0.717) is 18.2 Å². The van der Waals surface area contributed by atoms with Gasteiger partial charge in [0.05, 0.1) is 5.02 Å². The van der Waals surface area contributed by atoms with Crippen molar-refractivity contribution < 1.29 is 9.18 Å². The largest absolute Gasteiger partial charge is 0.338 e. The molecular weight excluding hydrogens is 243 g/mol. The van der Waals surface area contributed by atoms with Gasteiger partial charge in [-0.25, -0.2) is 9.18 Å². The molecule has 2 amide bonds. The number of hydrogen-bond donors (Lipinski definition) is 2. The summed E-state index contributed by atoms with van der Waals surface area (Å²) in [6.45, 7) is 4.75. The first-order valence-electron chi connectivity index (χ1n) is 5.49. The minimum atomic E-state index is -0.549. The Morgan fingerprint density at radius 1 is 1.47 bits per heavy atom. The van der Waals surface area contributed by atoms with Crippen LogP contribution in [0, 0.1) is 11.7 Å². The van der Waals surface area contributed by atoms with Gasteiger partial charge in [-0.1, -0.05) is 25.4 Å². The van der Waals surface area contributed by atoms with E-state index in [2.05, 4.69) is 24.5 Å². The summed E-state index contributed by atoms with van der Waals surface area (Å²) in [7, 11) is 0. The summed E-state index contributed by atoms with van der Waals surface area (Å²) in [5, 5.41) is 5.26. The lowest BCUT2D eigenvalue weighted by Crippen LogP contribution is -2.30. The Hall–Kier alpha value is -1.29. The summed E-state index contributed by atoms with van der Waals surface area (Å²) in [6.07, 6.45) is 0.905. The van der Waals surface area contributed by atoms with Crippen molar-refractivity contribution in [3.05, 3.63) is 29.0 Å². The lowest BCUT2D eigenvalue weighted by atomic mass is 10.1. The van der Waals surface area contributed by atoms with Crippen LogP contribution in [-0.2, 0) is 0 Å². The SMILES string of the molecule is CC(C)CCNC(=O)Nc1ccc(Cl)c(F)c1. The minimum absolute atomic E-state index is 0.0377. The second kappa shape index (κ2) is 6.45. The number of urea groups is 1. The third-order valence-corrected chi connectivity index (χ3v) is 2.49. The highest BCUT2D eigenvalue weighted by atomic mass is 35.5. The van der Waals surface area contributed by atoms with E-state index in [9.17, 15) is 9.18 Å². The fourth-order valence-corrected chi connectivity index (χ4v) is 1.34. The first kappa shape index (κ1) is 13.8. The molecule has 0 spiro atoms. The molecule has 1 rings (SSSR count).